The van der Waals surface area contributed by atoms with Gasteiger partial charge in [-0.2, -0.15) is 0 Å². The summed E-state index contributed by atoms with van der Waals surface area (Å²) in [4.78, 5) is 18.9. The zero-order chi connectivity index (χ0) is 15.0. The number of nitrogens with one attached hydrogen (secondary N) is 2. The molecule has 0 aromatic carbocycles. The number of nitrogens with zero attached hydrogens (tertiary/aromatic N) is 3. The van der Waals surface area contributed by atoms with Crippen LogP contribution in [0.2, 0.25) is 0 Å². The van der Waals surface area contributed by atoms with Crippen molar-refractivity contribution in [2.45, 2.75) is 64.0 Å². The van der Waals surface area contributed by atoms with Gasteiger partial charge in [0.1, 0.15) is 5.82 Å². The monoisotopic (exact) mass is 291 g/mol. The fraction of sp³-hybridized carbons (Fsp3) is 0.800. The fourth-order valence-corrected chi connectivity index (χ4v) is 2.86. The van der Waals surface area contributed by atoms with Crippen LogP contribution in [-0.2, 0) is 0 Å². The number of carbonyl (C=O) groups excluding carboxylic acids is 1. The van der Waals surface area contributed by atoms with Crippen LogP contribution in [0.4, 0.5) is 0 Å². The van der Waals surface area contributed by atoms with Gasteiger partial charge in [-0.15, -0.1) is 5.10 Å². The average molecular weight is 291 g/mol. The van der Waals surface area contributed by atoms with E-state index in [-0.39, 0.29) is 23.3 Å². The van der Waals surface area contributed by atoms with E-state index in [1.807, 2.05) is 0 Å². The van der Waals surface area contributed by atoms with E-state index in [0.29, 0.717) is 5.92 Å². The van der Waals surface area contributed by atoms with Gasteiger partial charge in [-0.1, -0.05) is 0 Å². The molecule has 1 aliphatic heterocycles. The molecule has 2 heterocycles. The molecule has 0 bridgehead atoms. The van der Waals surface area contributed by atoms with E-state index >= 15 is 0 Å². The molecule has 1 saturated heterocycles. The molecule has 1 saturated carbocycles. The lowest BCUT2D eigenvalue weighted by Gasteiger charge is -2.40. The smallest absolute Gasteiger partial charge is 0.291 e. The summed E-state index contributed by atoms with van der Waals surface area (Å²) < 4.78 is 0. The third-order valence-corrected chi connectivity index (χ3v) is 4.45. The second-order valence-corrected chi connectivity index (χ2v) is 7.22. The molecule has 0 spiro atoms. The maximum absolute atomic E-state index is 12.2. The molecule has 6 nitrogen and oxygen atoms in total. The van der Waals surface area contributed by atoms with Crippen molar-refractivity contribution in [2.75, 3.05) is 13.1 Å². The van der Waals surface area contributed by atoms with Crippen molar-refractivity contribution in [1.82, 2.24) is 25.4 Å². The first-order chi connectivity index (χ1) is 9.93. The highest BCUT2D eigenvalue weighted by Gasteiger charge is 2.30. The van der Waals surface area contributed by atoms with Crippen LogP contribution < -0.4 is 5.32 Å². The third-order valence-electron chi connectivity index (χ3n) is 4.45. The SMILES string of the molecule is CC(C)(C)N1CCC(NC(=O)c2n[nH]c(C3CC3)n2)CC1. The lowest BCUT2D eigenvalue weighted by atomic mass is 9.98. The van der Waals surface area contributed by atoms with Crippen molar-refractivity contribution in [2.24, 2.45) is 0 Å². The minimum Gasteiger partial charge on any atom is -0.346 e. The molecule has 1 aromatic rings. The van der Waals surface area contributed by atoms with E-state index < -0.39 is 0 Å². The van der Waals surface area contributed by atoms with Crippen LogP contribution in [0.15, 0.2) is 0 Å². The molecule has 116 valence electrons. The van der Waals surface area contributed by atoms with E-state index in [1.165, 1.54) is 0 Å². The summed E-state index contributed by atoms with van der Waals surface area (Å²) >= 11 is 0. The van der Waals surface area contributed by atoms with E-state index in [9.17, 15) is 4.79 Å². The molecule has 0 unspecified atom stereocenters. The maximum Gasteiger partial charge on any atom is 0.291 e. The Kier molecular flexibility index (Phi) is 3.73. The van der Waals surface area contributed by atoms with Gasteiger partial charge in [0.2, 0.25) is 5.82 Å². The quantitative estimate of drug-likeness (QED) is 0.888. The number of carbonyl (C=O) groups is 1. The predicted molar refractivity (Wildman–Crippen MR) is 80.2 cm³/mol. The predicted octanol–water partition coefficient (Wildman–Crippen LogP) is 1.67. The molecule has 1 amide bonds. The van der Waals surface area contributed by atoms with Crippen molar-refractivity contribution < 1.29 is 4.79 Å². The molecule has 1 aliphatic carbocycles. The number of hydrogen-bond acceptors (Lipinski definition) is 4. The Labute approximate surface area is 125 Å². The van der Waals surface area contributed by atoms with Crippen molar-refractivity contribution >= 4 is 5.91 Å². The minimum atomic E-state index is -0.146. The third kappa shape index (κ3) is 3.43. The number of H-pyrrole nitrogens is 1. The second-order valence-electron chi connectivity index (χ2n) is 7.22. The molecule has 6 heteroatoms. The highest BCUT2D eigenvalue weighted by Crippen LogP contribution is 2.37. The molecule has 2 fully saturated rings. The molecular formula is C15H25N5O. The summed E-state index contributed by atoms with van der Waals surface area (Å²) in [6, 6.07) is 0.235. The number of rotatable bonds is 3. The molecule has 2 N–H and O–H groups in total. The van der Waals surface area contributed by atoms with Gasteiger partial charge >= 0.3 is 0 Å². The first-order valence-corrected chi connectivity index (χ1v) is 7.91. The maximum atomic E-state index is 12.2. The first kappa shape index (κ1) is 14.5. The summed E-state index contributed by atoms with van der Waals surface area (Å²) in [6.07, 6.45) is 4.29. The van der Waals surface area contributed by atoms with Crippen LogP contribution in [0.5, 0.6) is 0 Å². The zero-order valence-electron chi connectivity index (χ0n) is 13.1. The standard InChI is InChI=1S/C15H25N5O/c1-15(2,3)20-8-6-11(7-9-20)16-14(21)13-17-12(18-19-13)10-4-5-10/h10-11H,4-9H2,1-3H3,(H,16,21)(H,17,18,19). The second kappa shape index (κ2) is 5.40. The molecular weight excluding hydrogens is 266 g/mol. The van der Waals surface area contributed by atoms with Crippen molar-refractivity contribution in [3.8, 4) is 0 Å². The molecule has 2 aliphatic rings. The van der Waals surface area contributed by atoms with Crippen LogP contribution in [-0.4, -0.2) is 50.7 Å². The molecule has 21 heavy (non-hydrogen) atoms. The number of hydrogen-bond donors (Lipinski definition) is 2. The number of aromatic amines is 1. The highest BCUT2D eigenvalue weighted by atomic mass is 16.2. The summed E-state index contributed by atoms with van der Waals surface area (Å²) in [7, 11) is 0. The highest BCUT2D eigenvalue weighted by molar-refractivity contribution is 5.90. The summed E-state index contributed by atoms with van der Waals surface area (Å²) in [5, 5.41) is 9.99. The van der Waals surface area contributed by atoms with Crippen LogP contribution in [0.3, 0.4) is 0 Å². The summed E-state index contributed by atoms with van der Waals surface area (Å²) in [5.74, 6) is 1.50. The molecule has 3 rings (SSSR count). The van der Waals surface area contributed by atoms with Gasteiger partial charge in [-0.25, -0.2) is 4.98 Å². The normalized spacial score (nSPS) is 21.5. The Balaban J connectivity index is 1.51. The number of amides is 1. The van der Waals surface area contributed by atoms with Gasteiger partial charge in [0.15, 0.2) is 0 Å². The van der Waals surface area contributed by atoms with E-state index in [1.54, 1.807) is 0 Å². The number of aromatic nitrogens is 3. The van der Waals surface area contributed by atoms with Gasteiger partial charge in [-0.3, -0.25) is 14.8 Å². The number of likely N-dealkylation sites (tertiary alicyclic amines) is 1. The molecule has 0 radical (unpaired) electrons. The van der Waals surface area contributed by atoms with E-state index in [2.05, 4.69) is 46.2 Å². The minimum absolute atomic E-state index is 0.146. The lowest BCUT2D eigenvalue weighted by molar-refractivity contribution is 0.0805. The van der Waals surface area contributed by atoms with Gasteiger partial charge in [0.05, 0.1) is 0 Å². The van der Waals surface area contributed by atoms with Crippen molar-refractivity contribution in [3.05, 3.63) is 11.6 Å². The Morgan fingerprint density at radius 2 is 1.90 bits per heavy atom. The van der Waals surface area contributed by atoms with Gasteiger partial charge in [0.25, 0.3) is 5.91 Å². The first-order valence-electron chi connectivity index (χ1n) is 7.91. The van der Waals surface area contributed by atoms with Crippen molar-refractivity contribution in [3.63, 3.8) is 0 Å². The Morgan fingerprint density at radius 1 is 1.24 bits per heavy atom. The Hall–Kier alpha value is -1.43. The van der Waals surface area contributed by atoms with Crippen LogP contribution in [0.1, 0.15) is 68.8 Å². The van der Waals surface area contributed by atoms with Crippen molar-refractivity contribution in [1.29, 1.82) is 0 Å². The average Bonchev–Trinajstić information content (AvgIpc) is 3.16. The lowest BCUT2D eigenvalue weighted by Crippen LogP contribution is -2.50. The van der Waals surface area contributed by atoms with Crippen LogP contribution >= 0.6 is 0 Å². The zero-order valence-corrected chi connectivity index (χ0v) is 13.1. The van der Waals surface area contributed by atoms with E-state index in [4.69, 9.17) is 0 Å². The Morgan fingerprint density at radius 3 is 2.48 bits per heavy atom. The fourth-order valence-electron chi connectivity index (χ4n) is 2.86. The van der Waals surface area contributed by atoms with Gasteiger partial charge < -0.3 is 5.32 Å². The van der Waals surface area contributed by atoms with Crippen LogP contribution in [0.25, 0.3) is 0 Å². The largest absolute Gasteiger partial charge is 0.346 e. The topological polar surface area (TPSA) is 73.9 Å². The van der Waals surface area contributed by atoms with Gasteiger partial charge in [0, 0.05) is 30.6 Å². The van der Waals surface area contributed by atoms with Crippen LogP contribution in [0, 0.1) is 0 Å². The molecule has 0 atom stereocenters. The van der Waals surface area contributed by atoms with E-state index in [0.717, 1.165) is 44.6 Å². The summed E-state index contributed by atoms with van der Waals surface area (Å²) in [5.41, 5.74) is 0.206. The number of piperidine rings is 1. The summed E-state index contributed by atoms with van der Waals surface area (Å²) in [6.45, 7) is 8.75. The van der Waals surface area contributed by atoms with Gasteiger partial charge in [-0.05, 0) is 46.5 Å². The molecule has 1 aromatic heterocycles. The Bertz CT molecular complexity index is 506.